The Balaban J connectivity index is 1.49. The van der Waals surface area contributed by atoms with Crippen LogP contribution in [-0.2, 0) is 6.54 Å². The fourth-order valence-electron chi connectivity index (χ4n) is 5.89. The van der Waals surface area contributed by atoms with Crippen molar-refractivity contribution in [1.29, 1.82) is 0 Å². The van der Waals surface area contributed by atoms with Crippen LogP contribution in [0.4, 0.5) is 4.39 Å². The fourth-order valence-corrected chi connectivity index (χ4v) is 5.89. The largest absolute Gasteiger partial charge is 0.363 e. The van der Waals surface area contributed by atoms with Gasteiger partial charge in [0.05, 0.1) is 0 Å². The second-order valence-electron chi connectivity index (χ2n) is 8.85. The zero-order valence-corrected chi connectivity index (χ0v) is 16.6. The zero-order valence-electron chi connectivity index (χ0n) is 16.6. The maximum absolute atomic E-state index is 13.5. The highest BCUT2D eigenvalue weighted by atomic mass is 19.1. The number of aromatic amines is 1. The summed E-state index contributed by atoms with van der Waals surface area (Å²) in [6.07, 6.45) is 4.36. The summed E-state index contributed by atoms with van der Waals surface area (Å²) in [5.74, 6) is 0.942. The van der Waals surface area contributed by atoms with E-state index in [1.54, 1.807) is 12.1 Å². The van der Waals surface area contributed by atoms with Gasteiger partial charge in [0, 0.05) is 54.1 Å². The summed E-state index contributed by atoms with van der Waals surface area (Å²) < 4.78 is 13.5. The molecule has 0 radical (unpaired) electrons. The van der Waals surface area contributed by atoms with Crippen molar-refractivity contribution in [1.82, 2.24) is 14.8 Å². The molecule has 5 heterocycles. The van der Waals surface area contributed by atoms with Crippen LogP contribution in [-0.4, -0.2) is 46.5 Å². The number of fused-ring (bicyclic) bond motifs is 2. The van der Waals surface area contributed by atoms with E-state index >= 15 is 0 Å². The molecule has 148 valence electrons. The average Bonchev–Trinajstić information content (AvgIpc) is 3.11. The molecule has 1 aromatic carbocycles. The number of hydrogen-bond donors (Lipinski definition) is 1. The van der Waals surface area contributed by atoms with Crippen LogP contribution in [0.5, 0.6) is 0 Å². The van der Waals surface area contributed by atoms with Crippen LogP contribution in [0.25, 0.3) is 0 Å². The van der Waals surface area contributed by atoms with Crippen molar-refractivity contribution >= 4 is 0 Å². The van der Waals surface area contributed by atoms with Crippen molar-refractivity contribution in [3.05, 3.63) is 68.9 Å². The van der Waals surface area contributed by atoms with E-state index in [1.807, 2.05) is 32.2 Å². The summed E-state index contributed by atoms with van der Waals surface area (Å²) >= 11 is 0. The summed E-state index contributed by atoms with van der Waals surface area (Å²) in [6, 6.07) is 8.11. The van der Waals surface area contributed by atoms with E-state index in [1.165, 1.54) is 31.5 Å². The van der Waals surface area contributed by atoms with Gasteiger partial charge in [-0.15, -0.1) is 0 Å². The van der Waals surface area contributed by atoms with Crippen molar-refractivity contribution in [2.45, 2.75) is 51.2 Å². The van der Waals surface area contributed by atoms with Crippen LogP contribution in [0.2, 0.25) is 0 Å². The number of aryl methyl sites for hydroxylation is 1. The van der Waals surface area contributed by atoms with Crippen molar-refractivity contribution in [2.75, 3.05) is 19.6 Å². The SMILES string of the molecule is Cc1c[nH]c(CN2C[C@H](c3ccc(F)cc3)[C@H]3[C@@H]2C2CCN3CC2)c(C)c1=O. The van der Waals surface area contributed by atoms with Gasteiger partial charge in [-0.3, -0.25) is 14.6 Å². The smallest absolute Gasteiger partial charge is 0.187 e. The van der Waals surface area contributed by atoms with Gasteiger partial charge in [0.2, 0.25) is 0 Å². The quantitative estimate of drug-likeness (QED) is 0.888. The molecule has 0 unspecified atom stereocenters. The molecule has 2 bridgehead atoms. The normalized spacial score (nSPS) is 31.9. The van der Waals surface area contributed by atoms with E-state index in [9.17, 15) is 9.18 Å². The number of aromatic nitrogens is 1. The molecule has 0 spiro atoms. The molecule has 6 rings (SSSR count). The molecular formula is C23H28FN3O. The molecule has 28 heavy (non-hydrogen) atoms. The second-order valence-corrected chi connectivity index (χ2v) is 8.85. The predicted molar refractivity (Wildman–Crippen MR) is 108 cm³/mol. The predicted octanol–water partition coefficient (Wildman–Crippen LogP) is 3.19. The Kier molecular flexibility index (Phi) is 4.40. The van der Waals surface area contributed by atoms with Crippen molar-refractivity contribution in [3.63, 3.8) is 0 Å². The van der Waals surface area contributed by atoms with Crippen LogP contribution in [0.1, 0.15) is 41.1 Å². The first-order valence-corrected chi connectivity index (χ1v) is 10.4. The number of nitrogens with one attached hydrogen (secondary N) is 1. The highest BCUT2D eigenvalue weighted by Gasteiger charge is 2.53. The number of likely N-dealkylation sites (tertiary alicyclic amines) is 1. The molecule has 4 nitrogen and oxygen atoms in total. The van der Waals surface area contributed by atoms with Gasteiger partial charge in [-0.2, -0.15) is 0 Å². The summed E-state index contributed by atoms with van der Waals surface area (Å²) in [5, 5.41) is 0. The number of halogens is 1. The first-order chi connectivity index (χ1) is 13.5. The lowest BCUT2D eigenvalue weighted by Gasteiger charge is -2.51. The Bertz CT molecular complexity index is 930. The van der Waals surface area contributed by atoms with Gasteiger partial charge in [0.25, 0.3) is 0 Å². The molecule has 4 saturated heterocycles. The Morgan fingerprint density at radius 1 is 1.11 bits per heavy atom. The van der Waals surface area contributed by atoms with E-state index in [4.69, 9.17) is 0 Å². The molecule has 0 aliphatic carbocycles. The van der Waals surface area contributed by atoms with Gasteiger partial charge in [-0.05, 0) is 63.4 Å². The van der Waals surface area contributed by atoms with E-state index in [0.29, 0.717) is 18.0 Å². The minimum atomic E-state index is -0.173. The summed E-state index contributed by atoms with van der Waals surface area (Å²) in [4.78, 5) is 21.0. The zero-order chi connectivity index (χ0) is 19.4. The molecule has 2 aromatic rings. The highest BCUT2D eigenvalue weighted by molar-refractivity contribution is 5.29. The number of H-pyrrole nitrogens is 1. The van der Waals surface area contributed by atoms with Gasteiger partial charge >= 0.3 is 0 Å². The molecule has 1 N–H and O–H groups in total. The topological polar surface area (TPSA) is 39.3 Å². The van der Waals surface area contributed by atoms with Crippen LogP contribution in [0.15, 0.2) is 35.3 Å². The lowest BCUT2D eigenvalue weighted by Crippen LogP contribution is -2.60. The summed E-state index contributed by atoms with van der Waals surface area (Å²) in [5.41, 5.74) is 4.02. The minimum Gasteiger partial charge on any atom is -0.363 e. The monoisotopic (exact) mass is 381 g/mol. The first kappa shape index (κ1) is 18.1. The standard InChI is InChI=1S/C23H28FN3O/c1-14-11-25-20(15(2)23(14)28)13-27-12-19(16-3-5-18(24)6-4-16)22-21(27)17-7-9-26(22)10-8-17/h3-6,11,17,19,21-22H,7-10,12-13H2,1-2H3,(H,25,28)/t19-,21+,22+/m1/s1. The van der Waals surface area contributed by atoms with Gasteiger partial charge < -0.3 is 4.98 Å². The van der Waals surface area contributed by atoms with E-state index in [-0.39, 0.29) is 11.2 Å². The van der Waals surface area contributed by atoms with Crippen molar-refractivity contribution in [3.8, 4) is 0 Å². The molecule has 0 amide bonds. The number of piperidine rings is 3. The van der Waals surface area contributed by atoms with Crippen LogP contribution < -0.4 is 5.43 Å². The van der Waals surface area contributed by atoms with E-state index < -0.39 is 0 Å². The lowest BCUT2D eigenvalue weighted by molar-refractivity contribution is -0.00903. The molecule has 1 aromatic heterocycles. The third-order valence-corrected chi connectivity index (χ3v) is 7.37. The van der Waals surface area contributed by atoms with Gasteiger partial charge in [-0.25, -0.2) is 4.39 Å². The Hall–Kier alpha value is -1.98. The highest BCUT2D eigenvalue weighted by Crippen LogP contribution is 2.46. The number of benzene rings is 1. The van der Waals surface area contributed by atoms with E-state index in [0.717, 1.165) is 35.8 Å². The number of pyridine rings is 1. The van der Waals surface area contributed by atoms with Crippen molar-refractivity contribution in [2.24, 2.45) is 5.92 Å². The average molecular weight is 381 g/mol. The Morgan fingerprint density at radius 2 is 1.82 bits per heavy atom. The van der Waals surface area contributed by atoms with Crippen LogP contribution >= 0.6 is 0 Å². The number of rotatable bonds is 3. The summed E-state index contributed by atoms with van der Waals surface area (Å²) in [7, 11) is 0. The third kappa shape index (κ3) is 2.83. The minimum absolute atomic E-state index is 0.147. The molecular weight excluding hydrogens is 353 g/mol. The maximum Gasteiger partial charge on any atom is 0.187 e. The van der Waals surface area contributed by atoms with Crippen LogP contribution in [0, 0.1) is 25.6 Å². The Morgan fingerprint density at radius 3 is 2.54 bits per heavy atom. The number of hydrogen-bond acceptors (Lipinski definition) is 3. The molecule has 0 saturated carbocycles. The molecule has 4 fully saturated rings. The summed E-state index contributed by atoms with van der Waals surface area (Å²) in [6.45, 7) is 7.89. The van der Waals surface area contributed by atoms with Gasteiger partial charge in [-0.1, -0.05) is 12.1 Å². The maximum atomic E-state index is 13.5. The van der Waals surface area contributed by atoms with E-state index in [2.05, 4.69) is 14.8 Å². The molecule has 5 heteroatoms. The molecule has 3 atom stereocenters. The molecule has 4 aliphatic heterocycles. The molecule has 4 aliphatic rings. The van der Waals surface area contributed by atoms with Gasteiger partial charge in [0.15, 0.2) is 5.43 Å². The number of nitrogens with zero attached hydrogens (tertiary/aromatic N) is 2. The second kappa shape index (κ2) is 6.82. The Labute approximate surface area is 165 Å². The third-order valence-electron chi connectivity index (χ3n) is 7.37. The first-order valence-electron chi connectivity index (χ1n) is 10.4. The fraction of sp³-hybridized carbons (Fsp3) is 0.522. The van der Waals surface area contributed by atoms with Crippen molar-refractivity contribution < 1.29 is 4.39 Å². The van der Waals surface area contributed by atoms with Crippen LogP contribution in [0.3, 0.4) is 0 Å². The van der Waals surface area contributed by atoms with Gasteiger partial charge in [0.1, 0.15) is 5.82 Å². The lowest BCUT2D eigenvalue weighted by atomic mass is 9.75.